The molecule has 1 aliphatic rings. The van der Waals surface area contributed by atoms with E-state index in [2.05, 4.69) is 197 Å². The summed E-state index contributed by atoms with van der Waals surface area (Å²) in [5.74, 6) is 1.24. The molecule has 6 aromatic carbocycles. The fourth-order valence-electron chi connectivity index (χ4n) is 12.3. The van der Waals surface area contributed by atoms with Gasteiger partial charge in [0.2, 0.25) is 0 Å². The van der Waals surface area contributed by atoms with E-state index >= 15 is 0 Å². The predicted octanol–water partition coefficient (Wildman–Crippen LogP) is 22.9. The van der Waals surface area contributed by atoms with Crippen molar-refractivity contribution in [2.75, 3.05) is 0 Å². The number of nitrogens with zero attached hydrogens (tertiary/aromatic N) is 2. The molecule has 0 aliphatic heterocycles. The van der Waals surface area contributed by atoms with Gasteiger partial charge in [0.15, 0.2) is 5.78 Å². The molecule has 7 heteroatoms. The zero-order chi connectivity index (χ0) is 58.9. The Morgan fingerprint density at radius 2 is 1.06 bits per heavy atom. The van der Waals surface area contributed by atoms with Crippen LogP contribution >= 0.6 is 22.7 Å². The second kappa shape index (κ2) is 26.0. The minimum atomic E-state index is 0. The fraction of sp³-hybridized carbons (Fsp3) is 0.408. The number of aromatic nitrogens is 2. The summed E-state index contributed by atoms with van der Waals surface area (Å²) in [6.45, 7) is 33.5. The van der Waals surface area contributed by atoms with Crippen molar-refractivity contribution in [2.24, 2.45) is 22.7 Å². The first kappa shape index (κ1) is 63.5. The molecule has 4 aromatic heterocycles. The maximum atomic E-state index is 11.7. The summed E-state index contributed by atoms with van der Waals surface area (Å²) in [4.78, 5) is 21.5. The number of allylic oxidation sites excluding steroid dienone is 2. The molecule has 11 rings (SSSR count). The van der Waals surface area contributed by atoms with Crippen LogP contribution in [0.5, 0.6) is 0 Å². The van der Waals surface area contributed by atoms with E-state index in [1.165, 1.54) is 105 Å². The van der Waals surface area contributed by atoms with Crippen molar-refractivity contribution in [1.29, 1.82) is 0 Å². The van der Waals surface area contributed by atoms with Crippen molar-refractivity contribution < 1.29 is 30.0 Å². The first-order valence-electron chi connectivity index (χ1n) is 30.4. The molecule has 0 unspecified atom stereocenters. The normalized spacial score (nSPS) is 14.3. The fourth-order valence-corrected chi connectivity index (χ4v) is 14.8. The first-order chi connectivity index (χ1) is 38.9. The van der Waals surface area contributed by atoms with Crippen LogP contribution in [0.4, 0.5) is 0 Å². The van der Waals surface area contributed by atoms with Gasteiger partial charge in [-0.3, -0.25) is 14.8 Å². The van der Waals surface area contributed by atoms with E-state index in [4.69, 9.17) is 9.97 Å². The molecule has 1 N–H and O–H groups in total. The van der Waals surface area contributed by atoms with Crippen LogP contribution < -0.4 is 0 Å². The molecule has 1 aliphatic carbocycles. The van der Waals surface area contributed by atoms with E-state index < -0.39 is 0 Å². The Morgan fingerprint density at radius 3 is 1.52 bits per heavy atom. The number of fused-ring (bicyclic) bond motifs is 8. The number of aliphatic hydroxyl groups excluding tert-OH is 1. The minimum Gasteiger partial charge on any atom is -0.512 e. The topological polar surface area (TPSA) is 63.1 Å². The van der Waals surface area contributed by atoms with Gasteiger partial charge in [0.1, 0.15) is 0 Å². The molecule has 0 spiro atoms. The summed E-state index contributed by atoms with van der Waals surface area (Å²) < 4.78 is 5.25. The Hall–Kier alpha value is -5.56. The Bertz CT molecular complexity index is 3930. The van der Waals surface area contributed by atoms with E-state index in [0.717, 1.165) is 65.4 Å². The zero-order valence-corrected chi connectivity index (χ0v) is 56.1. The van der Waals surface area contributed by atoms with Gasteiger partial charge < -0.3 is 5.11 Å². The van der Waals surface area contributed by atoms with E-state index in [9.17, 15) is 9.90 Å². The molecule has 4 heterocycles. The number of thiophene rings is 2. The summed E-state index contributed by atoms with van der Waals surface area (Å²) in [6.07, 6.45) is 15.2. The van der Waals surface area contributed by atoms with Gasteiger partial charge in [-0.2, -0.15) is 0 Å². The Balaban J connectivity index is 0.000000175. The van der Waals surface area contributed by atoms with Gasteiger partial charge in [0.25, 0.3) is 0 Å². The molecule has 4 nitrogen and oxygen atoms in total. The van der Waals surface area contributed by atoms with Crippen LogP contribution in [-0.2, 0) is 42.2 Å². The van der Waals surface area contributed by atoms with Crippen LogP contribution in [0.1, 0.15) is 183 Å². The van der Waals surface area contributed by atoms with Gasteiger partial charge in [-0.25, -0.2) is 0 Å². The monoisotopic (exact) mass is 1320 g/mol. The third-order valence-corrected chi connectivity index (χ3v) is 19.5. The molecule has 0 saturated heterocycles. The summed E-state index contributed by atoms with van der Waals surface area (Å²) >= 11 is 3.76. The third kappa shape index (κ3) is 14.4. The number of benzene rings is 6. The van der Waals surface area contributed by atoms with Gasteiger partial charge in [0, 0.05) is 80.6 Å². The van der Waals surface area contributed by atoms with E-state index in [1.54, 1.807) is 0 Å². The number of pyridine rings is 2. The molecule has 437 valence electrons. The van der Waals surface area contributed by atoms with Gasteiger partial charge in [-0.15, -0.1) is 81.0 Å². The van der Waals surface area contributed by atoms with Crippen LogP contribution in [0.2, 0.25) is 0 Å². The minimum absolute atomic E-state index is 0. The van der Waals surface area contributed by atoms with Crippen molar-refractivity contribution >= 4 is 90.3 Å². The van der Waals surface area contributed by atoms with E-state index in [0.29, 0.717) is 11.3 Å². The van der Waals surface area contributed by atoms with Crippen LogP contribution in [0.3, 0.4) is 0 Å². The maximum Gasteiger partial charge on any atom is 0.162 e. The van der Waals surface area contributed by atoms with Gasteiger partial charge in [0.05, 0.1) is 5.76 Å². The standard InChI is InChI=1S/C33H34NS.C30H30NS.C13H24O2.Ir/c1-32(2,3)28-19-24(18-23-8-6-7-9-25(23)28)30-31-27(14-17-34-30)26-11-10-22(20-29(26)35-31)21-12-15-33(4,5)16-13-21;1-29(2,3)18-19-11-12-23-24-13-14-31-27(28(24)32-26(23)15-19)21-16-20-9-7-8-10-22(20)25(17-21)30(4,5)6;1-5-10(6-2)12(14)9-13(15)11(7-3)8-4;/h6-11,14,17,19-21H,12-13,15-16H2,1-5H3;7-15,17H,18H2,1-6H3;9-11,14H,5-8H2,1-4H3;/q2*-1;;/b;;12-9-;. The molecule has 0 bridgehead atoms. The Labute approximate surface area is 518 Å². The number of rotatable bonds is 11. The molecular formula is C76H88IrN2O2S2-2. The molecule has 1 saturated carbocycles. The average Bonchev–Trinajstić information content (AvgIpc) is 2.58. The SMILES string of the molecule is CC(C)(C)Cc1ccc2c(c1)sc1c(-c3[c-]c4ccccc4c(C(C)(C)C)c3)nccc12.CC1(C)CCC(c2ccc3c(c2)sc2c(-c4[c-]c5ccccc5c(C(C)(C)C)c4)nccc23)CC1.CCC(CC)C(=O)/C=C(\O)C(CC)CC.[Ir]. The third-order valence-electron chi connectivity index (χ3n) is 17.2. The van der Waals surface area contributed by atoms with Crippen LogP contribution in [0, 0.1) is 34.8 Å². The Kier molecular flexibility index (Phi) is 19.9. The summed E-state index contributed by atoms with van der Waals surface area (Å²) in [5.41, 5.74) is 10.7. The molecule has 0 atom stereocenters. The van der Waals surface area contributed by atoms with E-state index in [1.807, 2.05) is 62.8 Å². The molecule has 83 heavy (non-hydrogen) atoms. The van der Waals surface area contributed by atoms with Crippen molar-refractivity contribution in [3.8, 4) is 22.5 Å². The predicted molar refractivity (Wildman–Crippen MR) is 357 cm³/mol. The smallest absolute Gasteiger partial charge is 0.162 e. The van der Waals surface area contributed by atoms with Gasteiger partial charge in [-0.05, 0) is 142 Å². The summed E-state index contributed by atoms with van der Waals surface area (Å²) in [5, 5.41) is 19.9. The van der Waals surface area contributed by atoms with E-state index in [-0.39, 0.29) is 59.7 Å². The number of hydrogen-bond donors (Lipinski definition) is 1. The maximum absolute atomic E-state index is 11.7. The van der Waals surface area contributed by atoms with Crippen molar-refractivity contribution in [3.63, 3.8) is 0 Å². The van der Waals surface area contributed by atoms with Crippen molar-refractivity contribution in [1.82, 2.24) is 9.97 Å². The molecular weight excluding hydrogens is 1230 g/mol. The van der Waals surface area contributed by atoms with Crippen molar-refractivity contribution in [2.45, 2.75) is 178 Å². The first-order valence-corrected chi connectivity index (χ1v) is 32.0. The zero-order valence-electron chi connectivity index (χ0n) is 52.1. The second-order valence-electron chi connectivity index (χ2n) is 27.3. The quantitative estimate of drug-likeness (QED) is 0.0796. The number of carbonyl (C=O) groups excluding carboxylic acids is 1. The van der Waals surface area contributed by atoms with Gasteiger partial charge in [-0.1, -0.05) is 186 Å². The summed E-state index contributed by atoms with van der Waals surface area (Å²) in [6, 6.07) is 47.8. The molecule has 1 radical (unpaired) electrons. The molecule has 1 fully saturated rings. The van der Waals surface area contributed by atoms with Crippen LogP contribution in [0.25, 0.3) is 84.4 Å². The van der Waals surface area contributed by atoms with Crippen LogP contribution in [-0.4, -0.2) is 20.9 Å². The summed E-state index contributed by atoms with van der Waals surface area (Å²) in [7, 11) is 0. The number of ketones is 1. The van der Waals surface area contributed by atoms with Crippen LogP contribution in [0.15, 0.2) is 133 Å². The largest absolute Gasteiger partial charge is 0.512 e. The number of hydrogen-bond acceptors (Lipinski definition) is 6. The molecule has 0 amide bonds. The van der Waals surface area contributed by atoms with Gasteiger partial charge >= 0.3 is 0 Å². The number of aliphatic hydroxyl groups is 1. The average molecular weight is 1320 g/mol. The molecule has 10 aromatic rings. The van der Waals surface area contributed by atoms with Crippen molar-refractivity contribution in [3.05, 3.63) is 168 Å². The Morgan fingerprint density at radius 1 is 0.602 bits per heavy atom. The number of carbonyl (C=O) groups is 1. The second-order valence-corrected chi connectivity index (χ2v) is 29.4.